The van der Waals surface area contributed by atoms with Crippen molar-refractivity contribution in [3.8, 4) is 0 Å². The van der Waals surface area contributed by atoms with E-state index in [1.54, 1.807) is 0 Å². The maximum atomic E-state index is 11.3. The summed E-state index contributed by atoms with van der Waals surface area (Å²) < 4.78 is 0. The molecule has 1 heterocycles. The summed E-state index contributed by atoms with van der Waals surface area (Å²) in [6, 6.07) is -0.329. The van der Waals surface area contributed by atoms with Gasteiger partial charge in [0.15, 0.2) is 5.78 Å². The molecule has 1 unspecified atom stereocenters. The van der Waals surface area contributed by atoms with Crippen LogP contribution in [-0.2, 0) is 4.79 Å². The van der Waals surface area contributed by atoms with Crippen LogP contribution in [-0.4, -0.2) is 17.9 Å². The lowest BCUT2D eigenvalue weighted by atomic mass is 9.97. The Morgan fingerprint density at radius 2 is 2.20 bits per heavy atom. The van der Waals surface area contributed by atoms with Gasteiger partial charge >= 0.3 is 6.03 Å². The molecule has 1 aliphatic rings. The molecule has 0 aromatic rings. The standard InChI is InChI=1S/C11H18N2O2/c1-3-4-5-6-10-9(8(2)14)7-12-11(15)13-10/h7,10H,3-6H2,1-2H3,(H2,12,13,15). The first kappa shape index (κ1) is 11.8. The number of hydrogen-bond donors (Lipinski definition) is 2. The summed E-state index contributed by atoms with van der Waals surface area (Å²) in [5.41, 5.74) is 0.672. The molecule has 4 heteroatoms. The molecule has 0 fully saturated rings. The summed E-state index contributed by atoms with van der Waals surface area (Å²) in [5, 5.41) is 5.27. The van der Waals surface area contributed by atoms with Gasteiger partial charge in [-0.05, 0) is 13.3 Å². The molecule has 15 heavy (non-hydrogen) atoms. The van der Waals surface area contributed by atoms with E-state index in [9.17, 15) is 9.59 Å². The molecular formula is C11H18N2O2. The molecule has 4 nitrogen and oxygen atoms in total. The molecule has 0 bridgehead atoms. The molecule has 0 radical (unpaired) electrons. The van der Waals surface area contributed by atoms with Gasteiger partial charge < -0.3 is 10.6 Å². The van der Waals surface area contributed by atoms with Gasteiger partial charge in [-0.2, -0.15) is 0 Å². The number of carbonyl (C=O) groups is 2. The Morgan fingerprint density at radius 3 is 2.80 bits per heavy atom. The molecule has 0 aliphatic carbocycles. The van der Waals surface area contributed by atoms with E-state index in [-0.39, 0.29) is 17.9 Å². The summed E-state index contributed by atoms with van der Waals surface area (Å²) in [7, 11) is 0. The van der Waals surface area contributed by atoms with Crippen molar-refractivity contribution in [2.24, 2.45) is 0 Å². The van der Waals surface area contributed by atoms with E-state index in [4.69, 9.17) is 0 Å². The van der Waals surface area contributed by atoms with Crippen LogP contribution in [0.5, 0.6) is 0 Å². The van der Waals surface area contributed by atoms with Crippen molar-refractivity contribution in [2.75, 3.05) is 0 Å². The van der Waals surface area contributed by atoms with E-state index in [1.807, 2.05) is 0 Å². The van der Waals surface area contributed by atoms with E-state index >= 15 is 0 Å². The molecule has 1 rings (SSSR count). The summed E-state index contributed by atoms with van der Waals surface area (Å²) >= 11 is 0. The van der Waals surface area contributed by atoms with E-state index in [0.29, 0.717) is 5.57 Å². The van der Waals surface area contributed by atoms with Gasteiger partial charge in [0.25, 0.3) is 0 Å². The molecule has 2 N–H and O–H groups in total. The van der Waals surface area contributed by atoms with E-state index in [1.165, 1.54) is 13.1 Å². The summed E-state index contributed by atoms with van der Waals surface area (Å²) in [6.07, 6.45) is 5.67. The molecule has 0 aromatic heterocycles. The zero-order valence-corrected chi connectivity index (χ0v) is 9.30. The Balaban J connectivity index is 2.58. The molecule has 0 saturated carbocycles. The lowest BCUT2D eigenvalue weighted by Crippen LogP contribution is -2.47. The predicted molar refractivity (Wildman–Crippen MR) is 58.4 cm³/mol. The minimum atomic E-state index is -0.221. The van der Waals surface area contributed by atoms with Crippen molar-refractivity contribution in [1.29, 1.82) is 0 Å². The van der Waals surface area contributed by atoms with Gasteiger partial charge in [0.05, 0.1) is 6.04 Å². The summed E-state index contributed by atoms with van der Waals surface area (Å²) in [5.74, 6) is 0.0176. The van der Waals surface area contributed by atoms with Crippen LogP contribution in [0, 0.1) is 0 Å². The highest BCUT2D eigenvalue weighted by Gasteiger charge is 2.23. The van der Waals surface area contributed by atoms with E-state index in [0.717, 1.165) is 25.7 Å². The molecular weight excluding hydrogens is 192 g/mol. The summed E-state index contributed by atoms with van der Waals surface area (Å²) in [4.78, 5) is 22.4. The first-order valence-corrected chi connectivity index (χ1v) is 5.43. The topological polar surface area (TPSA) is 58.2 Å². The molecule has 1 aliphatic heterocycles. The highest BCUT2D eigenvalue weighted by molar-refractivity contribution is 5.97. The lowest BCUT2D eigenvalue weighted by Gasteiger charge is -2.24. The SMILES string of the molecule is CCCCCC1NC(=O)NC=C1C(C)=O. The second-order valence-electron chi connectivity index (χ2n) is 3.82. The molecule has 0 saturated heterocycles. The minimum Gasteiger partial charge on any atom is -0.331 e. The normalized spacial score (nSPS) is 20.3. The van der Waals surface area contributed by atoms with Gasteiger partial charge in [-0.25, -0.2) is 4.79 Å². The minimum absolute atomic E-state index is 0.0176. The van der Waals surface area contributed by atoms with Crippen LogP contribution in [0.1, 0.15) is 39.5 Å². The quantitative estimate of drug-likeness (QED) is 0.679. The fraction of sp³-hybridized carbons (Fsp3) is 0.636. The number of Topliss-reactive ketones (excluding diaryl/α,β-unsaturated/α-hetero) is 1. The van der Waals surface area contributed by atoms with Gasteiger partial charge in [0.1, 0.15) is 0 Å². The van der Waals surface area contributed by atoms with Gasteiger partial charge in [-0.1, -0.05) is 26.2 Å². The number of hydrogen-bond acceptors (Lipinski definition) is 2. The van der Waals surface area contributed by atoms with Crippen LogP contribution < -0.4 is 10.6 Å². The zero-order valence-electron chi connectivity index (χ0n) is 9.30. The average molecular weight is 210 g/mol. The molecule has 0 aromatic carbocycles. The second-order valence-corrected chi connectivity index (χ2v) is 3.82. The van der Waals surface area contributed by atoms with Crippen molar-refractivity contribution in [3.63, 3.8) is 0 Å². The third kappa shape index (κ3) is 3.38. The van der Waals surface area contributed by atoms with Gasteiger partial charge in [0, 0.05) is 11.8 Å². The highest BCUT2D eigenvalue weighted by Crippen LogP contribution is 2.14. The molecule has 1 atom stereocenters. The van der Waals surface area contributed by atoms with E-state index < -0.39 is 0 Å². The maximum Gasteiger partial charge on any atom is 0.319 e. The van der Waals surface area contributed by atoms with Crippen molar-refractivity contribution in [1.82, 2.24) is 10.6 Å². The number of amides is 2. The zero-order chi connectivity index (χ0) is 11.3. The van der Waals surface area contributed by atoms with Crippen LogP contribution in [0.3, 0.4) is 0 Å². The number of unbranched alkanes of at least 4 members (excludes halogenated alkanes) is 2. The Kier molecular flexibility index (Phi) is 4.34. The van der Waals surface area contributed by atoms with Crippen LogP contribution in [0.25, 0.3) is 0 Å². The second kappa shape index (κ2) is 5.53. The summed E-state index contributed by atoms with van der Waals surface area (Å²) in [6.45, 7) is 3.65. The fourth-order valence-electron chi connectivity index (χ4n) is 1.69. The Hall–Kier alpha value is -1.32. The van der Waals surface area contributed by atoms with Crippen molar-refractivity contribution in [2.45, 2.75) is 45.6 Å². The van der Waals surface area contributed by atoms with Gasteiger partial charge in [-0.15, -0.1) is 0 Å². The molecule has 0 spiro atoms. The van der Waals surface area contributed by atoms with Crippen molar-refractivity contribution < 1.29 is 9.59 Å². The Morgan fingerprint density at radius 1 is 1.47 bits per heavy atom. The fourth-order valence-corrected chi connectivity index (χ4v) is 1.69. The number of urea groups is 1. The lowest BCUT2D eigenvalue weighted by molar-refractivity contribution is -0.114. The van der Waals surface area contributed by atoms with Crippen LogP contribution in [0.15, 0.2) is 11.8 Å². The first-order valence-electron chi connectivity index (χ1n) is 5.43. The monoisotopic (exact) mass is 210 g/mol. The third-order valence-electron chi connectivity index (χ3n) is 2.54. The first-order chi connectivity index (χ1) is 7.15. The third-order valence-corrected chi connectivity index (χ3v) is 2.54. The van der Waals surface area contributed by atoms with Gasteiger partial charge in [-0.3, -0.25) is 4.79 Å². The molecule has 2 amide bonds. The van der Waals surface area contributed by atoms with E-state index in [2.05, 4.69) is 17.6 Å². The van der Waals surface area contributed by atoms with Crippen LogP contribution in [0.4, 0.5) is 4.79 Å². The number of rotatable bonds is 5. The van der Waals surface area contributed by atoms with Crippen LogP contribution >= 0.6 is 0 Å². The number of carbonyl (C=O) groups excluding carboxylic acids is 2. The maximum absolute atomic E-state index is 11.3. The molecule has 84 valence electrons. The average Bonchev–Trinajstić information content (AvgIpc) is 2.18. The Labute approximate surface area is 90.1 Å². The van der Waals surface area contributed by atoms with Gasteiger partial charge in [0.2, 0.25) is 0 Å². The number of nitrogens with one attached hydrogen (secondary N) is 2. The number of ketones is 1. The van der Waals surface area contributed by atoms with Crippen molar-refractivity contribution >= 4 is 11.8 Å². The predicted octanol–water partition coefficient (Wildman–Crippen LogP) is 1.72. The highest BCUT2D eigenvalue weighted by atomic mass is 16.2. The Bertz CT molecular complexity index is 284. The van der Waals surface area contributed by atoms with Crippen molar-refractivity contribution in [3.05, 3.63) is 11.8 Å². The smallest absolute Gasteiger partial charge is 0.319 e. The van der Waals surface area contributed by atoms with Crippen LogP contribution in [0.2, 0.25) is 0 Å². The largest absolute Gasteiger partial charge is 0.331 e.